The standard InChI is InChI=1S/C15H25N3O3/c1-10(14(20)17(2)3)16-12-9-13(19)18(15(12)21)11-7-5-4-6-8-11/h10-12,16H,4-9H2,1-3H3. The smallest absolute Gasteiger partial charge is 0.247 e. The topological polar surface area (TPSA) is 69.7 Å². The third-order valence-corrected chi connectivity index (χ3v) is 4.39. The molecule has 2 aliphatic rings. The van der Waals surface area contributed by atoms with Gasteiger partial charge >= 0.3 is 0 Å². The van der Waals surface area contributed by atoms with Gasteiger partial charge in [-0.1, -0.05) is 19.3 Å². The van der Waals surface area contributed by atoms with E-state index in [1.54, 1.807) is 21.0 Å². The second-order valence-electron chi connectivity index (χ2n) is 6.27. The van der Waals surface area contributed by atoms with E-state index in [9.17, 15) is 14.4 Å². The van der Waals surface area contributed by atoms with Gasteiger partial charge in [-0.15, -0.1) is 0 Å². The molecular weight excluding hydrogens is 270 g/mol. The van der Waals surface area contributed by atoms with Crippen LogP contribution in [0.3, 0.4) is 0 Å². The fourth-order valence-electron chi connectivity index (χ4n) is 3.26. The Hall–Kier alpha value is -1.43. The lowest BCUT2D eigenvalue weighted by atomic mass is 9.94. The third-order valence-electron chi connectivity index (χ3n) is 4.39. The predicted molar refractivity (Wildman–Crippen MR) is 78.4 cm³/mol. The molecule has 21 heavy (non-hydrogen) atoms. The number of carbonyl (C=O) groups is 3. The van der Waals surface area contributed by atoms with Gasteiger partial charge in [-0.3, -0.25) is 24.6 Å². The molecule has 1 N–H and O–H groups in total. The SMILES string of the molecule is CC(NC1CC(=O)N(C2CCCCC2)C1=O)C(=O)N(C)C. The predicted octanol–water partition coefficient (Wildman–Crippen LogP) is 0.513. The van der Waals surface area contributed by atoms with E-state index >= 15 is 0 Å². The molecule has 3 amide bonds. The maximum Gasteiger partial charge on any atom is 0.247 e. The van der Waals surface area contributed by atoms with Crippen molar-refractivity contribution in [1.82, 2.24) is 15.1 Å². The highest BCUT2D eigenvalue weighted by atomic mass is 16.2. The molecule has 0 bridgehead atoms. The molecule has 1 saturated heterocycles. The van der Waals surface area contributed by atoms with E-state index in [0.717, 1.165) is 25.7 Å². The maximum absolute atomic E-state index is 12.5. The van der Waals surface area contributed by atoms with Crippen LogP contribution in [0.25, 0.3) is 0 Å². The average molecular weight is 295 g/mol. The number of rotatable bonds is 4. The first kappa shape index (κ1) is 15.9. The monoisotopic (exact) mass is 295 g/mol. The van der Waals surface area contributed by atoms with E-state index in [1.165, 1.54) is 16.2 Å². The van der Waals surface area contributed by atoms with Crippen molar-refractivity contribution in [2.45, 2.75) is 63.6 Å². The summed E-state index contributed by atoms with van der Waals surface area (Å²) in [4.78, 5) is 39.4. The first-order chi connectivity index (χ1) is 9.91. The van der Waals surface area contributed by atoms with Crippen molar-refractivity contribution in [2.75, 3.05) is 14.1 Å². The number of likely N-dealkylation sites (N-methyl/N-ethyl adjacent to an activating group) is 1. The fourth-order valence-corrected chi connectivity index (χ4v) is 3.26. The van der Waals surface area contributed by atoms with E-state index < -0.39 is 12.1 Å². The molecule has 0 spiro atoms. The van der Waals surface area contributed by atoms with Gasteiger partial charge in [-0.2, -0.15) is 0 Å². The van der Waals surface area contributed by atoms with E-state index in [2.05, 4.69) is 5.32 Å². The lowest BCUT2D eigenvalue weighted by Crippen LogP contribution is -2.50. The molecule has 2 rings (SSSR count). The molecule has 2 unspecified atom stereocenters. The van der Waals surface area contributed by atoms with Crippen LogP contribution in [-0.4, -0.2) is 59.7 Å². The van der Waals surface area contributed by atoms with Gasteiger partial charge in [-0.05, 0) is 19.8 Å². The zero-order chi connectivity index (χ0) is 15.6. The molecule has 0 aromatic heterocycles. The summed E-state index contributed by atoms with van der Waals surface area (Å²) in [6.07, 6.45) is 5.33. The van der Waals surface area contributed by atoms with E-state index in [-0.39, 0.29) is 30.2 Å². The number of nitrogens with zero attached hydrogens (tertiary/aromatic N) is 2. The minimum atomic E-state index is -0.557. The van der Waals surface area contributed by atoms with Crippen molar-refractivity contribution in [3.63, 3.8) is 0 Å². The van der Waals surface area contributed by atoms with Gasteiger partial charge in [0.05, 0.1) is 18.5 Å². The zero-order valence-electron chi connectivity index (χ0n) is 13.1. The Labute approximate surface area is 125 Å². The fraction of sp³-hybridized carbons (Fsp3) is 0.800. The van der Waals surface area contributed by atoms with Gasteiger partial charge in [0, 0.05) is 20.1 Å². The van der Waals surface area contributed by atoms with E-state index in [4.69, 9.17) is 0 Å². The lowest BCUT2D eigenvalue weighted by molar-refractivity contribution is -0.142. The van der Waals surface area contributed by atoms with Crippen LogP contribution in [-0.2, 0) is 14.4 Å². The summed E-state index contributed by atoms with van der Waals surface area (Å²) in [5.74, 6) is -0.356. The molecule has 6 heteroatoms. The number of nitrogens with one attached hydrogen (secondary N) is 1. The van der Waals surface area contributed by atoms with Crippen LogP contribution in [0.2, 0.25) is 0 Å². The summed E-state index contributed by atoms with van der Waals surface area (Å²) in [6.45, 7) is 1.73. The molecule has 1 aliphatic carbocycles. The molecule has 0 aromatic rings. The van der Waals surface area contributed by atoms with Crippen LogP contribution in [0.4, 0.5) is 0 Å². The van der Waals surface area contributed by atoms with Crippen LogP contribution in [0.1, 0.15) is 45.4 Å². The number of carbonyl (C=O) groups excluding carboxylic acids is 3. The van der Waals surface area contributed by atoms with Crippen LogP contribution < -0.4 is 5.32 Å². The van der Waals surface area contributed by atoms with Gasteiger partial charge in [0.15, 0.2) is 0 Å². The molecule has 0 aromatic carbocycles. The van der Waals surface area contributed by atoms with Crippen molar-refractivity contribution in [1.29, 1.82) is 0 Å². The average Bonchev–Trinajstić information content (AvgIpc) is 2.73. The summed E-state index contributed by atoms with van der Waals surface area (Å²) in [5.41, 5.74) is 0. The second kappa shape index (κ2) is 6.56. The molecule has 0 radical (unpaired) electrons. The summed E-state index contributed by atoms with van der Waals surface area (Å²) >= 11 is 0. The zero-order valence-corrected chi connectivity index (χ0v) is 13.1. The molecule has 1 heterocycles. The van der Waals surface area contributed by atoms with Crippen molar-refractivity contribution in [3.8, 4) is 0 Å². The Morgan fingerprint density at radius 1 is 1.24 bits per heavy atom. The van der Waals surface area contributed by atoms with Crippen LogP contribution in [0.15, 0.2) is 0 Å². The number of hydrogen-bond acceptors (Lipinski definition) is 4. The Kier molecular flexibility index (Phi) is 4.98. The lowest BCUT2D eigenvalue weighted by Gasteiger charge is -2.30. The first-order valence-electron chi connectivity index (χ1n) is 7.75. The Balaban J connectivity index is 1.99. The number of hydrogen-bond donors (Lipinski definition) is 1. The highest BCUT2D eigenvalue weighted by Gasteiger charge is 2.43. The Bertz CT molecular complexity index is 430. The van der Waals surface area contributed by atoms with Gasteiger partial charge in [0.2, 0.25) is 17.7 Å². The number of likely N-dealkylation sites (tertiary alicyclic amines) is 1. The molecular formula is C15H25N3O3. The number of amides is 3. The van der Waals surface area contributed by atoms with Crippen molar-refractivity contribution in [2.24, 2.45) is 0 Å². The molecule has 1 saturated carbocycles. The van der Waals surface area contributed by atoms with Gasteiger partial charge < -0.3 is 4.90 Å². The number of imide groups is 1. The van der Waals surface area contributed by atoms with E-state index in [1.807, 2.05) is 0 Å². The summed E-state index contributed by atoms with van der Waals surface area (Å²) in [6, 6.07) is -0.961. The highest BCUT2D eigenvalue weighted by Crippen LogP contribution is 2.27. The molecule has 1 aliphatic heterocycles. The van der Waals surface area contributed by atoms with Crippen molar-refractivity contribution in [3.05, 3.63) is 0 Å². The minimum Gasteiger partial charge on any atom is -0.347 e. The summed E-state index contributed by atoms with van der Waals surface area (Å²) in [7, 11) is 3.35. The van der Waals surface area contributed by atoms with E-state index in [0.29, 0.717) is 0 Å². The highest BCUT2D eigenvalue weighted by molar-refractivity contribution is 6.06. The molecule has 6 nitrogen and oxygen atoms in total. The second-order valence-corrected chi connectivity index (χ2v) is 6.27. The van der Waals surface area contributed by atoms with Gasteiger partial charge in [0.1, 0.15) is 0 Å². The summed E-state index contributed by atoms with van der Waals surface area (Å²) in [5, 5.41) is 3.01. The van der Waals surface area contributed by atoms with Crippen LogP contribution in [0.5, 0.6) is 0 Å². The van der Waals surface area contributed by atoms with Gasteiger partial charge in [0.25, 0.3) is 0 Å². The Morgan fingerprint density at radius 2 is 1.86 bits per heavy atom. The molecule has 118 valence electrons. The van der Waals surface area contributed by atoms with Gasteiger partial charge in [-0.25, -0.2) is 0 Å². The normalized spacial score (nSPS) is 25.3. The molecule has 2 fully saturated rings. The van der Waals surface area contributed by atoms with Crippen molar-refractivity contribution < 1.29 is 14.4 Å². The minimum absolute atomic E-state index is 0.0606. The first-order valence-corrected chi connectivity index (χ1v) is 7.75. The summed E-state index contributed by atoms with van der Waals surface area (Å²) < 4.78 is 0. The Morgan fingerprint density at radius 3 is 2.43 bits per heavy atom. The van der Waals surface area contributed by atoms with Crippen molar-refractivity contribution >= 4 is 17.7 Å². The maximum atomic E-state index is 12.5. The van der Waals surface area contributed by atoms with Crippen LogP contribution in [0, 0.1) is 0 Å². The third kappa shape index (κ3) is 3.43. The van der Waals surface area contributed by atoms with Crippen LogP contribution >= 0.6 is 0 Å². The molecule has 2 atom stereocenters. The largest absolute Gasteiger partial charge is 0.347 e. The quantitative estimate of drug-likeness (QED) is 0.767.